The highest BCUT2D eigenvalue weighted by atomic mass is 16.4. The number of nitrogens with zero attached hydrogens (tertiary/aromatic N) is 1. The standard InChI is InChI=1S/C11H15NO2/c1-6(2)10-8(4)7(3)5-9(12-10)11(13)14/h5-6H,1-4H3,(H,13,14). The Hall–Kier alpha value is -1.38. The van der Waals surface area contributed by atoms with Crippen molar-refractivity contribution in [2.24, 2.45) is 0 Å². The number of pyridine rings is 1. The van der Waals surface area contributed by atoms with Crippen LogP contribution >= 0.6 is 0 Å². The van der Waals surface area contributed by atoms with Crippen molar-refractivity contribution in [3.8, 4) is 0 Å². The van der Waals surface area contributed by atoms with Crippen LogP contribution in [0.5, 0.6) is 0 Å². The van der Waals surface area contributed by atoms with Gasteiger partial charge in [0.25, 0.3) is 0 Å². The van der Waals surface area contributed by atoms with E-state index >= 15 is 0 Å². The van der Waals surface area contributed by atoms with Crippen LogP contribution in [0.25, 0.3) is 0 Å². The molecule has 1 aromatic heterocycles. The van der Waals surface area contributed by atoms with Gasteiger partial charge in [0.15, 0.2) is 0 Å². The number of rotatable bonds is 2. The van der Waals surface area contributed by atoms with E-state index in [2.05, 4.69) is 4.98 Å². The van der Waals surface area contributed by atoms with Crippen molar-refractivity contribution < 1.29 is 9.90 Å². The van der Waals surface area contributed by atoms with Gasteiger partial charge in [-0.3, -0.25) is 0 Å². The highest BCUT2D eigenvalue weighted by molar-refractivity contribution is 5.85. The fourth-order valence-electron chi connectivity index (χ4n) is 1.43. The number of carboxylic acid groups (broad SMARTS) is 1. The number of aromatic carboxylic acids is 1. The summed E-state index contributed by atoms with van der Waals surface area (Å²) in [5.41, 5.74) is 3.09. The highest BCUT2D eigenvalue weighted by Gasteiger charge is 2.12. The highest BCUT2D eigenvalue weighted by Crippen LogP contribution is 2.20. The fourth-order valence-corrected chi connectivity index (χ4v) is 1.43. The van der Waals surface area contributed by atoms with Gasteiger partial charge < -0.3 is 5.11 Å². The van der Waals surface area contributed by atoms with Crippen LogP contribution in [-0.2, 0) is 0 Å². The lowest BCUT2D eigenvalue weighted by atomic mass is 10.00. The SMILES string of the molecule is Cc1cc(C(=O)O)nc(C(C)C)c1C. The summed E-state index contributed by atoms with van der Waals surface area (Å²) in [6, 6.07) is 1.61. The van der Waals surface area contributed by atoms with Crippen LogP contribution in [0.2, 0.25) is 0 Å². The second-order valence-corrected chi connectivity index (χ2v) is 3.79. The predicted octanol–water partition coefficient (Wildman–Crippen LogP) is 2.52. The zero-order valence-electron chi connectivity index (χ0n) is 8.96. The molecule has 3 heteroatoms. The number of aryl methyl sites for hydroxylation is 1. The molecule has 0 aromatic carbocycles. The minimum Gasteiger partial charge on any atom is -0.477 e. The minimum atomic E-state index is -0.963. The summed E-state index contributed by atoms with van der Waals surface area (Å²) in [6.07, 6.45) is 0. The van der Waals surface area contributed by atoms with E-state index in [1.54, 1.807) is 6.07 Å². The van der Waals surface area contributed by atoms with Crippen molar-refractivity contribution in [3.63, 3.8) is 0 Å². The van der Waals surface area contributed by atoms with Gasteiger partial charge in [0.05, 0.1) is 0 Å². The molecule has 1 rings (SSSR count). The van der Waals surface area contributed by atoms with Crippen LogP contribution in [0.3, 0.4) is 0 Å². The van der Waals surface area contributed by atoms with Crippen molar-refractivity contribution in [2.45, 2.75) is 33.6 Å². The second kappa shape index (κ2) is 3.78. The lowest BCUT2D eigenvalue weighted by Crippen LogP contribution is -2.07. The minimum absolute atomic E-state index is 0.136. The second-order valence-electron chi connectivity index (χ2n) is 3.79. The van der Waals surface area contributed by atoms with E-state index in [9.17, 15) is 4.79 Å². The summed E-state index contributed by atoms with van der Waals surface area (Å²) in [4.78, 5) is 14.9. The van der Waals surface area contributed by atoms with Gasteiger partial charge in [0, 0.05) is 5.69 Å². The Bertz CT molecular complexity index is 370. The molecular weight excluding hydrogens is 178 g/mol. The number of hydrogen-bond donors (Lipinski definition) is 1. The maximum absolute atomic E-state index is 10.8. The van der Waals surface area contributed by atoms with E-state index in [0.717, 1.165) is 16.8 Å². The van der Waals surface area contributed by atoms with Crippen molar-refractivity contribution in [1.29, 1.82) is 0 Å². The monoisotopic (exact) mass is 193 g/mol. The van der Waals surface area contributed by atoms with Crippen molar-refractivity contribution in [3.05, 3.63) is 28.6 Å². The molecule has 0 spiro atoms. The first-order chi connectivity index (χ1) is 6.43. The predicted molar refractivity (Wildman–Crippen MR) is 54.8 cm³/mol. The number of aromatic nitrogens is 1. The Labute approximate surface area is 83.8 Å². The molecule has 0 bridgehead atoms. The van der Waals surface area contributed by atoms with E-state index in [0.29, 0.717) is 0 Å². The van der Waals surface area contributed by atoms with Gasteiger partial charge in [0.2, 0.25) is 0 Å². The van der Waals surface area contributed by atoms with E-state index in [1.807, 2.05) is 27.7 Å². The third-order valence-electron chi connectivity index (χ3n) is 2.34. The quantitative estimate of drug-likeness (QED) is 0.785. The summed E-state index contributed by atoms with van der Waals surface area (Å²) in [6.45, 7) is 7.92. The van der Waals surface area contributed by atoms with E-state index < -0.39 is 5.97 Å². The molecule has 1 heterocycles. The van der Waals surface area contributed by atoms with Gasteiger partial charge in [-0.1, -0.05) is 13.8 Å². The molecule has 0 aliphatic rings. The Morgan fingerprint density at radius 1 is 1.43 bits per heavy atom. The third-order valence-corrected chi connectivity index (χ3v) is 2.34. The van der Waals surface area contributed by atoms with Crippen LogP contribution in [0.1, 0.15) is 47.1 Å². The summed E-state index contributed by atoms with van der Waals surface area (Å²) >= 11 is 0. The first-order valence-electron chi connectivity index (χ1n) is 4.65. The third kappa shape index (κ3) is 1.92. The van der Waals surface area contributed by atoms with Gasteiger partial charge in [-0.2, -0.15) is 0 Å². The molecule has 0 aliphatic carbocycles. The van der Waals surface area contributed by atoms with Crippen molar-refractivity contribution >= 4 is 5.97 Å². The van der Waals surface area contributed by atoms with Gasteiger partial charge in [-0.05, 0) is 37.0 Å². The normalized spacial score (nSPS) is 10.6. The fraction of sp³-hybridized carbons (Fsp3) is 0.455. The van der Waals surface area contributed by atoms with Gasteiger partial charge >= 0.3 is 5.97 Å². The molecule has 0 saturated heterocycles. The van der Waals surface area contributed by atoms with E-state index in [-0.39, 0.29) is 11.6 Å². The van der Waals surface area contributed by atoms with Gasteiger partial charge in [-0.25, -0.2) is 9.78 Å². The van der Waals surface area contributed by atoms with Crippen LogP contribution in [0, 0.1) is 13.8 Å². The largest absolute Gasteiger partial charge is 0.477 e. The zero-order chi connectivity index (χ0) is 10.9. The molecule has 1 aromatic rings. The first kappa shape index (κ1) is 10.7. The molecule has 0 radical (unpaired) electrons. The van der Waals surface area contributed by atoms with Crippen molar-refractivity contribution in [1.82, 2.24) is 4.98 Å². The van der Waals surface area contributed by atoms with Crippen LogP contribution in [0.4, 0.5) is 0 Å². The van der Waals surface area contributed by atoms with Crippen LogP contribution in [0.15, 0.2) is 6.07 Å². The molecule has 0 saturated carbocycles. The van der Waals surface area contributed by atoms with Crippen LogP contribution in [-0.4, -0.2) is 16.1 Å². The molecule has 1 N–H and O–H groups in total. The lowest BCUT2D eigenvalue weighted by Gasteiger charge is -2.11. The van der Waals surface area contributed by atoms with Crippen molar-refractivity contribution in [2.75, 3.05) is 0 Å². The molecular formula is C11H15NO2. The van der Waals surface area contributed by atoms with Crippen LogP contribution < -0.4 is 0 Å². The molecule has 0 unspecified atom stereocenters. The number of hydrogen-bond acceptors (Lipinski definition) is 2. The first-order valence-corrected chi connectivity index (χ1v) is 4.65. The zero-order valence-corrected chi connectivity index (χ0v) is 8.96. The summed E-state index contributed by atoms with van der Waals surface area (Å²) in [7, 11) is 0. The molecule has 3 nitrogen and oxygen atoms in total. The maximum atomic E-state index is 10.8. The van der Waals surface area contributed by atoms with E-state index in [4.69, 9.17) is 5.11 Å². The maximum Gasteiger partial charge on any atom is 0.354 e. The summed E-state index contributed by atoms with van der Waals surface area (Å²) in [5, 5.41) is 8.84. The average molecular weight is 193 g/mol. The number of carboxylic acids is 1. The van der Waals surface area contributed by atoms with Gasteiger partial charge in [0.1, 0.15) is 5.69 Å². The molecule has 14 heavy (non-hydrogen) atoms. The summed E-state index contributed by atoms with van der Waals surface area (Å²) < 4.78 is 0. The summed E-state index contributed by atoms with van der Waals surface area (Å²) in [5.74, 6) is -0.706. The topological polar surface area (TPSA) is 50.2 Å². The number of carbonyl (C=O) groups is 1. The average Bonchev–Trinajstić information content (AvgIpc) is 2.08. The molecule has 76 valence electrons. The lowest BCUT2D eigenvalue weighted by molar-refractivity contribution is 0.0690. The molecule has 0 fully saturated rings. The van der Waals surface area contributed by atoms with E-state index in [1.165, 1.54) is 0 Å². The Morgan fingerprint density at radius 2 is 2.00 bits per heavy atom. The molecule has 0 amide bonds. The Kier molecular flexibility index (Phi) is 2.89. The molecule has 0 atom stereocenters. The Balaban J connectivity index is 3.35. The Morgan fingerprint density at radius 3 is 2.43 bits per heavy atom. The smallest absolute Gasteiger partial charge is 0.354 e. The molecule has 0 aliphatic heterocycles. The van der Waals surface area contributed by atoms with Gasteiger partial charge in [-0.15, -0.1) is 0 Å².